The quantitative estimate of drug-likeness (QED) is 0.747. The first-order valence-corrected chi connectivity index (χ1v) is 5.87. The van der Waals surface area contributed by atoms with Crippen molar-refractivity contribution in [3.05, 3.63) is 30.3 Å². The van der Waals surface area contributed by atoms with E-state index < -0.39 is 12.0 Å². The lowest BCUT2D eigenvalue weighted by Gasteiger charge is -2.16. The number of hydrogen-bond acceptors (Lipinski definition) is 4. The van der Waals surface area contributed by atoms with Gasteiger partial charge in [-0.3, -0.25) is 9.59 Å². The Morgan fingerprint density at radius 3 is 2.22 bits per heavy atom. The van der Waals surface area contributed by atoms with Gasteiger partial charge in [0.15, 0.2) is 0 Å². The third-order valence-corrected chi connectivity index (χ3v) is 2.67. The standard InChI is InChI=1S/C14H18O4/c1-10(15)14(11(2)16)8-12(17)9-18-13-6-4-3-5-7-13/h3-7,12,14,17H,8-9H2,1-2H3. The maximum atomic E-state index is 11.2. The fourth-order valence-corrected chi connectivity index (χ4v) is 1.67. The molecule has 0 bridgehead atoms. The van der Waals surface area contributed by atoms with Gasteiger partial charge in [0, 0.05) is 0 Å². The Balaban J connectivity index is 2.44. The molecule has 0 heterocycles. The van der Waals surface area contributed by atoms with Crippen LogP contribution in [-0.4, -0.2) is 29.4 Å². The van der Waals surface area contributed by atoms with E-state index in [0.717, 1.165) is 0 Å². The molecule has 0 saturated carbocycles. The summed E-state index contributed by atoms with van der Waals surface area (Å²) >= 11 is 0. The number of carbonyl (C=O) groups is 2. The van der Waals surface area contributed by atoms with Crippen LogP contribution in [0.15, 0.2) is 30.3 Å². The van der Waals surface area contributed by atoms with Gasteiger partial charge in [-0.25, -0.2) is 0 Å². The minimum Gasteiger partial charge on any atom is -0.491 e. The van der Waals surface area contributed by atoms with Crippen molar-refractivity contribution in [1.29, 1.82) is 0 Å². The van der Waals surface area contributed by atoms with Gasteiger partial charge in [-0.05, 0) is 32.4 Å². The normalized spacial score (nSPS) is 12.2. The minimum atomic E-state index is -0.831. The minimum absolute atomic E-state index is 0.0705. The smallest absolute Gasteiger partial charge is 0.140 e. The van der Waals surface area contributed by atoms with Crippen molar-refractivity contribution in [3.8, 4) is 5.75 Å². The van der Waals surface area contributed by atoms with Crippen LogP contribution >= 0.6 is 0 Å². The molecule has 1 atom stereocenters. The zero-order chi connectivity index (χ0) is 13.5. The molecule has 18 heavy (non-hydrogen) atoms. The van der Waals surface area contributed by atoms with E-state index in [0.29, 0.717) is 5.75 Å². The molecule has 0 aliphatic carbocycles. The van der Waals surface area contributed by atoms with E-state index in [2.05, 4.69) is 0 Å². The first-order valence-electron chi connectivity index (χ1n) is 5.87. The van der Waals surface area contributed by atoms with Crippen LogP contribution in [0.25, 0.3) is 0 Å². The second-order valence-corrected chi connectivity index (χ2v) is 4.29. The SMILES string of the molecule is CC(=O)C(CC(O)COc1ccccc1)C(C)=O. The molecule has 1 aromatic carbocycles. The summed E-state index contributed by atoms with van der Waals surface area (Å²) in [7, 11) is 0. The molecule has 98 valence electrons. The van der Waals surface area contributed by atoms with Crippen molar-refractivity contribution in [2.24, 2.45) is 5.92 Å². The molecule has 1 unspecified atom stereocenters. The second-order valence-electron chi connectivity index (χ2n) is 4.29. The number of hydrogen-bond donors (Lipinski definition) is 1. The third-order valence-electron chi connectivity index (χ3n) is 2.67. The largest absolute Gasteiger partial charge is 0.491 e. The summed E-state index contributed by atoms with van der Waals surface area (Å²) < 4.78 is 5.36. The Morgan fingerprint density at radius 2 is 1.72 bits per heavy atom. The van der Waals surface area contributed by atoms with Crippen LogP contribution in [0, 0.1) is 5.92 Å². The van der Waals surface area contributed by atoms with E-state index in [1.807, 2.05) is 18.2 Å². The summed E-state index contributed by atoms with van der Waals surface area (Å²) in [4.78, 5) is 22.4. The summed E-state index contributed by atoms with van der Waals surface area (Å²) in [5.74, 6) is -0.527. The van der Waals surface area contributed by atoms with Crippen molar-refractivity contribution < 1.29 is 19.4 Å². The van der Waals surface area contributed by atoms with Gasteiger partial charge in [-0.1, -0.05) is 18.2 Å². The van der Waals surface area contributed by atoms with E-state index in [1.54, 1.807) is 12.1 Å². The van der Waals surface area contributed by atoms with Crippen molar-refractivity contribution >= 4 is 11.6 Å². The van der Waals surface area contributed by atoms with Crippen molar-refractivity contribution in [1.82, 2.24) is 0 Å². The van der Waals surface area contributed by atoms with E-state index >= 15 is 0 Å². The Labute approximate surface area is 107 Å². The number of Topliss-reactive ketones (excluding diaryl/α,β-unsaturated/α-hetero) is 2. The van der Waals surface area contributed by atoms with Crippen LogP contribution in [0.3, 0.4) is 0 Å². The number of aliphatic hydroxyl groups is 1. The fraction of sp³-hybridized carbons (Fsp3) is 0.429. The zero-order valence-electron chi connectivity index (χ0n) is 10.6. The number of rotatable bonds is 7. The molecule has 0 fully saturated rings. The Kier molecular flexibility index (Phi) is 5.52. The molecule has 0 spiro atoms. The highest BCUT2D eigenvalue weighted by Crippen LogP contribution is 2.13. The Morgan fingerprint density at radius 1 is 1.17 bits per heavy atom. The average Bonchev–Trinajstić information content (AvgIpc) is 2.34. The summed E-state index contributed by atoms with van der Waals surface area (Å²) in [5, 5.41) is 9.75. The predicted molar refractivity (Wildman–Crippen MR) is 67.4 cm³/mol. The van der Waals surface area contributed by atoms with Crippen LogP contribution in [0.2, 0.25) is 0 Å². The van der Waals surface area contributed by atoms with Crippen LogP contribution < -0.4 is 4.74 Å². The number of para-hydroxylation sites is 1. The van der Waals surface area contributed by atoms with Crippen LogP contribution in [0.5, 0.6) is 5.75 Å². The van der Waals surface area contributed by atoms with Crippen molar-refractivity contribution in [3.63, 3.8) is 0 Å². The highest BCUT2D eigenvalue weighted by atomic mass is 16.5. The molecule has 1 rings (SSSR count). The summed E-state index contributed by atoms with van der Waals surface area (Å²) in [6, 6.07) is 9.08. The molecule has 1 aromatic rings. The van der Waals surface area contributed by atoms with Gasteiger partial charge in [-0.15, -0.1) is 0 Å². The maximum absolute atomic E-state index is 11.2. The van der Waals surface area contributed by atoms with Gasteiger partial charge in [0.1, 0.15) is 23.9 Å². The predicted octanol–water partition coefficient (Wildman–Crippen LogP) is 1.61. The molecule has 0 aliphatic heterocycles. The highest BCUT2D eigenvalue weighted by Gasteiger charge is 2.23. The Hall–Kier alpha value is -1.68. The highest BCUT2D eigenvalue weighted by molar-refractivity contribution is 6.00. The first-order chi connectivity index (χ1) is 8.50. The maximum Gasteiger partial charge on any atom is 0.140 e. The number of aliphatic hydroxyl groups excluding tert-OH is 1. The van der Waals surface area contributed by atoms with Gasteiger partial charge < -0.3 is 9.84 Å². The molecular weight excluding hydrogens is 232 g/mol. The topological polar surface area (TPSA) is 63.6 Å². The summed E-state index contributed by atoms with van der Waals surface area (Å²) in [6.07, 6.45) is -0.722. The van der Waals surface area contributed by atoms with Crippen molar-refractivity contribution in [2.75, 3.05) is 6.61 Å². The zero-order valence-corrected chi connectivity index (χ0v) is 10.6. The summed E-state index contributed by atoms with van der Waals surface area (Å²) in [5.41, 5.74) is 0. The molecule has 0 saturated heterocycles. The van der Waals surface area contributed by atoms with E-state index in [9.17, 15) is 14.7 Å². The molecular formula is C14H18O4. The Bertz CT molecular complexity index is 386. The first kappa shape index (κ1) is 14.4. The van der Waals surface area contributed by atoms with E-state index in [-0.39, 0.29) is 24.6 Å². The fourth-order valence-electron chi connectivity index (χ4n) is 1.67. The molecule has 1 N–H and O–H groups in total. The molecule has 4 heteroatoms. The number of ether oxygens (including phenoxy) is 1. The third kappa shape index (κ3) is 4.67. The van der Waals surface area contributed by atoms with Gasteiger partial charge in [0.2, 0.25) is 0 Å². The molecule has 0 aliphatic rings. The summed E-state index contributed by atoms with van der Waals surface area (Å²) in [6.45, 7) is 2.79. The monoisotopic (exact) mass is 250 g/mol. The molecule has 0 radical (unpaired) electrons. The van der Waals surface area contributed by atoms with E-state index in [1.165, 1.54) is 13.8 Å². The van der Waals surface area contributed by atoms with Gasteiger partial charge in [0.05, 0.1) is 12.0 Å². The number of benzene rings is 1. The van der Waals surface area contributed by atoms with Gasteiger partial charge in [0.25, 0.3) is 0 Å². The lowest BCUT2D eigenvalue weighted by atomic mass is 9.94. The number of carbonyl (C=O) groups excluding carboxylic acids is 2. The second kappa shape index (κ2) is 6.91. The lowest BCUT2D eigenvalue weighted by molar-refractivity contribution is -0.131. The van der Waals surface area contributed by atoms with Gasteiger partial charge >= 0.3 is 0 Å². The van der Waals surface area contributed by atoms with Crippen LogP contribution in [0.1, 0.15) is 20.3 Å². The molecule has 0 amide bonds. The van der Waals surface area contributed by atoms with Crippen molar-refractivity contribution in [2.45, 2.75) is 26.4 Å². The molecule has 0 aromatic heterocycles. The lowest BCUT2D eigenvalue weighted by Crippen LogP contribution is -2.28. The van der Waals surface area contributed by atoms with Crippen LogP contribution in [-0.2, 0) is 9.59 Å². The van der Waals surface area contributed by atoms with E-state index in [4.69, 9.17) is 4.74 Å². The molecule has 4 nitrogen and oxygen atoms in total. The van der Waals surface area contributed by atoms with Gasteiger partial charge in [-0.2, -0.15) is 0 Å². The number of ketones is 2. The van der Waals surface area contributed by atoms with Crippen LogP contribution in [0.4, 0.5) is 0 Å². The average molecular weight is 250 g/mol.